The fourth-order valence-electron chi connectivity index (χ4n) is 1.51. The van der Waals surface area contributed by atoms with Crippen LogP contribution in [0.2, 0.25) is 5.02 Å². The first-order valence-electron chi connectivity index (χ1n) is 6.38. The molecule has 0 aromatic heterocycles. The van der Waals surface area contributed by atoms with E-state index in [0.29, 0.717) is 13.2 Å². The lowest BCUT2D eigenvalue weighted by atomic mass is 10.2. The number of aliphatic hydroxyl groups is 1. The van der Waals surface area contributed by atoms with Crippen LogP contribution in [0.1, 0.15) is 19.4 Å². The van der Waals surface area contributed by atoms with Crippen LogP contribution >= 0.6 is 23.4 Å². The summed E-state index contributed by atoms with van der Waals surface area (Å²) in [5, 5.41) is 13.8. The largest absolute Gasteiger partial charge is 0.392 e. The Morgan fingerprint density at radius 3 is 2.79 bits per heavy atom. The molecule has 1 aromatic carbocycles. The van der Waals surface area contributed by atoms with Crippen molar-refractivity contribution in [3.05, 3.63) is 28.8 Å². The van der Waals surface area contributed by atoms with Crippen LogP contribution in [-0.2, 0) is 11.3 Å². The SMILES string of the molecule is COCCNCc1c(Cl)cccc1SC(C)C(C)O. The van der Waals surface area contributed by atoms with Gasteiger partial charge in [0.15, 0.2) is 0 Å². The molecule has 0 aliphatic heterocycles. The Morgan fingerprint density at radius 2 is 2.16 bits per heavy atom. The van der Waals surface area contributed by atoms with E-state index >= 15 is 0 Å². The summed E-state index contributed by atoms with van der Waals surface area (Å²) in [5.41, 5.74) is 1.08. The van der Waals surface area contributed by atoms with E-state index in [9.17, 15) is 5.11 Å². The van der Waals surface area contributed by atoms with Crippen molar-refractivity contribution in [2.45, 2.75) is 36.6 Å². The van der Waals surface area contributed by atoms with Gasteiger partial charge in [-0.3, -0.25) is 0 Å². The number of rotatable bonds is 8. The summed E-state index contributed by atoms with van der Waals surface area (Å²) in [5.74, 6) is 0. The molecule has 0 aliphatic carbocycles. The smallest absolute Gasteiger partial charge is 0.0631 e. The predicted octanol–water partition coefficient (Wildman–Crippen LogP) is 2.94. The molecule has 19 heavy (non-hydrogen) atoms. The van der Waals surface area contributed by atoms with Gasteiger partial charge in [0.2, 0.25) is 0 Å². The molecule has 2 atom stereocenters. The molecule has 108 valence electrons. The number of thioether (sulfide) groups is 1. The molecular formula is C14H22ClNO2S. The number of aliphatic hydroxyl groups excluding tert-OH is 1. The summed E-state index contributed by atoms with van der Waals surface area (Å²) < 4.78 is 5.00. The second-order valence-electron chi connectivity index (χ2n) is 4.45. The zero-order valence-electron chi connectivity index (χ0n) is 11.6. The second kappa shape index (κ2) is 8.82. The second-order valence-corrected chi connectivity index (χ2v) is 6.28. The minimum atomic E-state index is -0.349. The molecule has 0 radical (unpaired) electrons. The maximum atomic E-state index is 9.60. The maximum absolute atomic E-state index is 9.60. The van der Waals surface area contributed by atoms with Gasteiger partial charge in [-0.2, -0.15) is 0 Å². The fourth-order valence-corrected chi connectivity index (χ4v) is 2.88. The highest BCUT2D eigenvalue weighted by atomic mass is 35.5. The topological polar surface area (TPSA) is 41.5 Å². The molecule has 0 bridgehead atoms. The van der Waals surface area contributed by atoms with Crippen molar-refractivity contribution in [2.24, 2.45) is 0 Å². The van der Waals surface area contributed by atoms with Crippen molar-refractivity contribution in [1.29, 1.82) is 0 Å². The van der Waals surface area contributed by atoms with Crippen molar-refractivity contribution >= 4 is 23.4 Å². The summed E-state index contributed by atoms with van der Waals surface area (Å²) >= 11 is 7.91. The molecule has 0 aliphatic rings. The van der Waals surface area contributed by atoms with Crippen LogP contribution in [0.5, 0.6) is 0 Å². The lowest BCUT2D eigenvalue weighted by Gasteiger charge is -2.17. The van der Waals surface area contributed by atoms with Crippen molar-refractivity contribution in [3.63, 3.8) is 0 Å². The molecule has 3 nitrogen and oxygen atoms in total. The summed E-state index contributed by atoms with van der Waals surface area (Å²) in [6, 6.07) is 5.88. The highest BCUT2D eigenvalue weighted by Gasteiger charge is 2.14. The summed E-state index contributed by atoms with van der Waals surface area (Å²) in [6.07, 6.45) is -0.349. The van der Waals surface area contributed by atoms with E-state index in [0.717, 1.165) is 22.0 Å². The van der Waals surface area contributed by atoms with E-state index in [1.165, 1.54) is 0 Å². The molecule has 5 heteroatoms. The average molecular weight is 304 g/mol. The van der Waals surface area contributed by atoms with E-state index in [1.807, 2.05) is 25.1 Å². The number of hydrogen-bond acceptors (Lipinski definition) is 4. The summed E-state index contributed by atoms with van der Waals surface area (Å²) in [4.78, 5) is 1.12. The van der Waals surface area contributed by atoms with Crippen LogP contribution in [0, 0.1) is 0 Å². The first-order valence-corrected chi connectivity index (χ1v) is 7.63. The number of methoxy groups -OCH3 is 1. The first kappa shape index (κ1) is 16.8. The molecule has 0 fully saturated rings. The zero-order chi connectivity index (χ0) is 14.3. The van der Waals surface area contributed by atoms with Gasteiger partial charge in [0, 0.05) is 35.4 Å². The Kier molecular flexibility index (Phi) is 7.80. The summed E-state index contributed by atoms with van der Waals surface area (Å²) in [6.45, 7) is 5.99. The number of hydrogen-bond donors (Lipinski definition) is 2. The highest BCUT2D eigenvalue weighted by molar-refractivity contribution is 8.00. The molecule has 0 saturated heterocycles. The van der Waals surface area contributed by atoms with Crippen LogP contribution in [0.4, 0.5) is 0 Å². The quantitative estimate of drug-likeness (QED) is 0.572. The summed E-state index contributed by atoms with van der Waals surface area (Å²) in [7, 11) is 1.68. The molecule has 1 rings (SSSR count). The molecule has 2 unspecified atom stereocenters. The van der Waals surface area contributed by atoms with E-state index in [1.54, 1.807) is 25.8 Å². The van der Waals surface area contributed by atoms with Crippen molar-refractivity contribution in [2.75, 3.05) is 20.3 Å². The standard InChI is InChI=1S/C14H22ClNO2S/c1-10(17)11(2)19-14-6-4-5-13(15)12(14)9-16-7-8-18-3/h4-6,10-11,16-17H,7-9H2,1-3H3. The maximum Gasteiger partial charge on any atom is 0.0631 e. The van der Waals surface area contributed by atoms with E-state index in [2.05, 4.69) is 5.32 Å². The molecular weight excluding hydrogens is 282 g/mol. The molecule has 0 saturated carbocycles. The Labute approximate surface area is 124 Å². The van der Waals surface area contributed by atoms with Gasteiger partial charge in [-0.1, -0.05) is 24.6 Å². The van der Waals surface area contributed by atoms with Gasteiger partial charge in [-0.15, -0.1) is 11.8 Å². The third-order valence-electron chi connectivity index (χ3n) is 2.85. The third kappa shape index (κ3) is 5.71. The van der Waals surface area contributed by atoms with Crippen LogP contribution < -0.4 is 5.32 Å². The van der Waals surface area contributed by atoms with Crippen molar-refractivity contribution in [3.8, 4) is 0 Å². The van der Waals surface area contributed by atoms with Crippen LogP contribution in [0.15, 0.2) is 23.1 Å². The van der Waals surface area contributed by atoms with E-state index in [4.69, 9.17) is 16.3 Å². The van der Waals surface area contributed by atoms with Gasteiger partial charge in [0.05, 0.1) is 12.7 Å². The monoisotopic (exact) mass is 303 g/mol. The van der Waals surface area contributed by atoms with Crippen molar-refractivity contribution in [1.82, 2.24) is 5.32 Å². The number of halogens is 1. The molecule has 0 amide bonds. The van der Waals surface area contributed by atoms with Crippen LogP contribution in [-0.4, -0.2) is 36.7 Å². The molecule has 0 spiro atoms. The van der Waals surface area contributed by atoms with Gasteiger partial charge < -0.3 is 15.2 Å². The minimum Gasteiger partial charge on any atom is -0.392 e. The van der Waals surface area contributed by atoms with Crippen LogP contribution in [0.3, 0.4) is 0 Å². The molecule has 0 heterocycles. The normalized spacial score (nSPS) is 14.4. The Morgan fingerprint density at radius 1 is 1.42 bits per heavy atom. The first-order chi connectivity index (χ1) is 9.06. The lowest BCUT2D eigenvalue weighted by molar-refractivity contribution is 0.196. The average Bonchev–Trinajstić information content (AvgIpc) is 2.37. The van der Waals surface area contributed by atoms with Gasteiger partial charge in [0.1, 0.15) is 0 Å². The number of benzene rings is 1. The molecule has 2 N–H and O–H groups in total. The van der Waals surface area contributed by atoms with E-state index in [-0.39, 0.29) is 11.4 Å². The lowest BCUT2D eigenvalue weighted by Crippen LogP contribution is -2.20. The Bertz CT molecular complexity index is 388. The van der Waals surface area contributed by atoms with Gasteiger partial charge in [-0.25, -0.2) is 0 Å². The van der Waals surface area contributed by atoms with Gasteiger partial charge in [-0.05, 0) is 24.6 Å². The number of ether oxygens (including phenoxy) is 1. The predicted molar refractivity (Wildman–Crippen MR) is 82.0 cm³/mol. The fraction of sp³-hybridized carbons (Fsp3) is 0.571. The Hall–Kier alpha value is -0.260. The van der Waals surface area contributed by atoms with Crippen molar-refractivity contribution < 1.29 is 9.84 Å². The third-order valence-corrected chi connectivity index (χ3v) is 4.61. The molecule has 1 aromatic rings. The van der Waals surface area contributed by atoms with Gasteiger partial charge >= 0.3 is 0 Å². The van der Waals surface area contributed by atoms with Crippen LogP contribution in [0.25, 0.3) is 0 Å². The van der Waals surface area contributed by atoms with Gasteiger partial charge in [0.25, 0.3) is 0 Å². The van der Waals surface area contributed by atoms with E-state index < -0.39 is 0 Å². The Balaban J connectivity index is 2.71. The number of nitrogens with one attached hydrogen (secondary N) is 1. The highest BCUT2D eigenvalue weighted by Crippen LogP contribution is 2.32. The zero-order valence-corrected chi connectivity index (χ0v) is 13.2. The minimum absolute atomic E-state index is 0.135.